The Labute approximate surface area is 224 Å². The lowest BCUT2D eigenvalue weighted by Crippen LogP contribution is -2.32. The summed E-state index contributed by atoms with van der Waals surface area (Å²) < 4.78 is 2.24. The van der Waals surface area contributed by atoms with E-state index in [1.165, 1.54) is 34.3 Å². The van der Waals surface area contributed by atoms with Crippen molar-refractivity contribution in [1.82, 2.24) is 29.7 Å². The number of hydrogen-bond donors (Lipinski definition) is 1. The van der Waals surface area contributed by atoms with Gasteiger partial charge < -0.3 is 9.88 Å². The van der Waals surface area contributed by atoms with Crippen molar-refractivity contribution in [2.24, 2.45) is 7.05 Å². The number of rotatable bonds is 9. The molecule has 1 N–H and O–H groups in total. The highest BCUT2D eigenvalue weighted by atomic mass is 15.2. The van der Waals surface area contributed by atoms with Gasteiger partial charge in [0.15, 0.2) is 0 Å². The van der Waals surface area contributed by atoms with Crippen LogP contribution in [0.1, 0.15) is 52.8 Å². The molecule has 3 heterocycles. The van der Waals surface area contributed by atoms with Gasteiger partial charge in [-0.3, -0.25) is 14.9 Å². The second-order valence-corrected chi connectivity index (χ2v) is 10.2. The van der Waals surface area contributed by atoms with Gasteiger partial charge in [0.2, 0.25) is 0 Å². The van der Waals surface area contributed by atoms with Crippen LogP contribution in [0.15, 0.2) is 91.3 Å². The minimum atomic E-state index is 0.277. The van der Waals surface area contributed by atoms with Crippen LogP contribution in [0.5, 0.6) is 0 Å². The van der Waals surface area contributed by atoms with Crippen LogP contribution in [0.3, 0.4) is 0 Å². The molecule has 0 bridgehead atoms. The van der Waals surface area contributed by atoms with Crippen LogP contribution in [0.4, 0.5) is 0 Å². The average molecular weight is 503 g/mol. The van der Waals surface area contributed by atoms with Crippen LogP contribution in [0.25, 0.3) is 11.0 Å². The van der Waals surface area contributed by atoms with Gasteiger partial charge in [-0.15, -0.1) is 0 Å². The zero-order chi connectivity index (χ0) is 25.7. The van der Waals surface area contributed by atoms with Gasteiger partial charge in [0.05, 0.1) is 35.0 Å². The normalized spacial score (nSPS) is 15.2. The molecule has 2 aromatic carbocycles. The fourth-order valence-electron chi connectivity index (χ4n) is 5.57. The molecule has 0 saturated carbocycles. The Balaban J connectivity index is 1.22. The minimum absolute atomic E-state index is 0.277. The summed E-state index contributed by atoms with van der Waals surface area (Å²) in [5.41, 5.74) is 8.47. The number of para-hydroxylation sites is 2. The molecule has 192 valence electrons. The van der Waals surface area contributed by atoms with Crippen LogP contribution < -0.4 is 5.32 Å². The number of aromatic nitrogens is 4. The SMILES string of the molecule is Cn1c(CN(Cc2ccc(CNCc3ccccn3)cc2)C2CCCc3cccnc32)nc2ccccc21. The highest BCUT2D eigenvalue weighted by Gasteiger charge is 2.28. The molecule has 1 aliphatic carbocycles. The number of nitrogens with one attached hydrogen (secondary N) is 1. The van der Waals surface area contributed by atoms with Gasteiger partial charge in [0.1, 0.15) is 5.82 Å². The number of benzene rings is 2. The Morgan fingerprint density at radius 3 is 2.50 bits per heavy atom. The fourth-order valence-corrected chi connectivity index (χ4v) is 5.57. The van der Waals surface area contributed by atoms with Crippen molar-refractivity contribution >= 4 is 11.0 Å². The third-order valence-corrected chi connectivity index (χ3v) is 7.60. The molecule has 1 unspecified atom stereocenters. The van der Waals surface area contributed by atoms with Crippen molar-refractivity contribution < 1.29 is 0 Å². The highest BCUT2D eigenvalue weighted by Crippen LogP contribution is 2.35. The summed E-state index contributed by atoms with van der Waals surface area (Å²) in [6.07, 6.45) is 7.19. The van der Waals surface area contributed by atoms with Crippen molar-refractivity contribution in [2.75, 3.05) is 0 Å². The van der Waals surface area contributed by atoms with E-state index in [9.17, 15) is 0 Å². The lowest BCUT2D eigenvalue weighted by Gasteiger charge is -2.35. The van der Waals surface area contributed by atoms with E-state index in [1.54, 1.807) is 0 Å². The molecule has 0 spiro atoms. The number of imidazole rings is 1. The zero-order valence-corrected chi connectivity index (χ0v) is 21.9. The monoisotopic (exact) mass is 502 g/mol. The first-order valence-electron chi connectivity index (χ1n) is 13.5. The maximum absolute atomic E-state index is 5.00. The fraction of sp³-hybridized carbons (Fsp3) is 0.281. The smallest absolute Gasteiger partial charge is 0.123 e. The quantitative estimate of drug-likeness (QED) is 0.279. The Morgan fingerprint density at radius 2 is 1.66 bits per heavy atom. The van der Waals surface area contributed by atoms with Crippen LogP contribution in [-0.4, -0.2) is 24.4 Å². The van der Waals surface area contributed by atoms with E-state index >= 15 is 0 Å². The zero-order valence-electron chi connectivity index (χ0n) is 21.9. The van der Waals surface area contributed by atoms with Gasteiger partial charge in [-0.1, -0.05) is 48.5 Å². The first kappa shape index (κ1) is 24.5. The first-order valence-corrected chi connectivity index (χ1v) is 13.5. The summed E-state index contributed by atoms with van der Waals surface area (Å²) >= 11 is 0. The predicted molar refractivity (Wildman–Crippen MR) is 151 cm³/mol. The third-order valence-electron chi connectivity index (χ3n) is 7.60. The number of pyridine rings is 2. The summed E-state index contributed by atoms with van der Waals surface area (Å²) in [4.78, 5) is 16.8. The molecule has 6 rings (SSSR count). The molecule has 0 aliphatic heterocycles. The second-order valence-electron chi connectivity index (χ2n) is 10.2. The lowest BCUT2D eigenvalue weighted by molar-refractivity contribution is 0.152. The summed E-state index contributed by atoms with van der Waals surface area (Å²) in [5.74, 6) is 1.09. The largest absolute Gasteiger partial charge is 0.330 e. The van der Waals surface area contributed by atoms with Gasteiger partial charge in [-0.25, -0.2) is 4.98 Å². The Hall–Kier alpha value is -3.87. The molecule has 6 nitrogen and oxygen atoms in total. The second kappa shape index (κ2) is 11.3. The lowest BCUT2D eigenvalue weighted by atomic mass is 9.90. The van der Waals surface area contributed by atoms with Crippen molar-refractivity contribution in [3.05, 3.63) is 125 Å². The number of hydrogen-bond acceptors (Lipinski definition) is 5. The van der Waals surface area contributed by atoms with E-state index in [-0.39, 0.29) is 6.04 Å². The Bertz CT molecular complexity index is 1490. The third kappa shape index (κ3) is 5.37. The van der Waals surface area contributed by atoms with Crippen LogP contribution in [-0.2, 0) is 39.6 Å². The van der Waals surface area contributed by atoms with Gasteiger partial charge in [0, 0.05) is 39.1 Å². The summed E-state index contributed by atoms with van der Waals surface area (Å²) in [5, 5.41) is 3.50. The summed E-state index contributed by atoms with van der Waals surface area (Å²) in [7, 11) is 2.13. The molecule has 38 heavy (non-hydrogen) atoms. The van der Waals surface area contributed by atoms with Gasteiger partial charge in [-0.05, 0) is 66.3 Å². The molecule has 0 amide bonds. The molecule has 1 atom stereocenters. The predicted octanol–water partition coefficient (Wildman–Crippen LogP) is 5.73. The van der Waals surface area contributed by atoms with Crippen molar-refractivity contribution in [1.29, 1.82) is 0 Å². The van der Waals surface area contributed by atoms with Gasteiger partial charge in [-0.2, -0.15) is 0 Å². The molecular formula is C32H34N6. The van der Waals surface area contributed by atoms with Crippen LogP contribution in [0.2, 0.25) is 0 Å². The summed E-state index contributed by atoms with van der Waals surface area (Å²) in [6.45, 7) is 3.22. The van der Waals surface area contributed by atoms with E-state index in [2.05, 4.69) is 87.5 Å². The topological polar surface area (TPSA) is 58.9 Å². The average Bonchev–Trinajstić information content (AvgIpc) is 3.29. The van der Waals surface area contributed by atoms with Crippen LogP contribution >= 0.6 is 0 Å². The maximum atomic E-state index is 5.00. The van der Waals surface area contributed by atoms with Crippen molar-refractivity contribution in [2.45, 2.75) is 51.5 Å². The number of fused-ring (bicyclic) bond motifs is 2. The summed E-state index contributed by atoms with van der Waals surface area (Å²) in [6, 6.07) is 28.0. The van der Waals surface area contributed by atoms with E-state index in [1.807, 2.05) is 30.6 Å². The van der Waals surface area contributed by atoms with E-state index < -0.39 is 0 Å². The Morgan fingerprint density at radius 1 is 0.842 bits per heavy atom. The Kier molecular flexibility index (Phi) is 7.25. The van der Waals surface area contributed by atoms with E-state index in [4.69, 9.17) is 9.97 Å². The van der Waals surface area contributed by atoms with E-state index in [0.717, 1.165) is 56.1 Å². The molecular weight excluding hydrogens is 468 g/mol. The molecule has 0 fully saturated rings. The molecule has 6 heteroatoms. The maximum Gasteiger partial charge on any atom is 0.123 e. The van der Waals surface area contributed by atoms with Gasteiger partial charge >= 0.3 is 0 Å². The van der Waals surface area contributed by atoms with E-state index in [0.29, 0.717) is 0 Å². The number of aryl methyl sites for hydroxylation is 2. The molecule has 5 aromatic rings. The molecule has 0 saturated heterocycles. The standard InChI is InChI=1S/C32H34N6/c1-37-29-12-3-2-11-28(29)36-31(37)23-38(30-13-6-8-26-9-7-19-35-32(26)30)22-25-16-14-24(15-17-25)20-33-21-27-10-4-5-18-34-27/h2-5,7,9-12,14-19,30,33H,6,8,13,20-23H2,1H3. The molecule has 1 aliphatic rings. The number of nitrogens with zero attached hydrogens (tertiary/aromatic N) is 5. The molecule has 0 radical (unpaired) electrons. The van der Waals surface area contributed by atoms with Crippen molar-refractivity contribution in [3.8, 4) is 0 Å². The van der Waals surface area contributed by atoms with Crippen LogP contribution in [0, 0.1) is 0 Å². The molecule has 3 aromatic heterocycles. The van der Waals surface area contributed by atoms with Crippen molar-refractivity contribution in [3.63, 3.8) is 0 Å². The van der Waals surface area contributed by atoms with Gasteiger partial charge in [0.25, 0.3) is 0 Å². The highest BCUT2D eigenvalue weighted by molar-refractivity contribution is 5.75. The first-order chi connectivity index (χ1) is 18.7. The minimum Gasteiger partial charge on any atom is -0.330 e.